The SMILES string of the molecule is CCCCc1ccc(N(c2ccc(CCCC)cc2)c2cc(C)cc(N(c3ccc(CCCC)cc3)c3ccc(CCCC)cc3-c3ccccc3)c2Cl)cc1. The first-order valence-corrected chi connectivity index (χ1v) is 21.7. The Morgan fingerprint density at radius 1 is 0.411 bits per heavy atom. The number of unbranched alkanes of at least 4 members (excludes halogenated alkanes) is 4. The van der Waals surface area contributed by atoms with Crippen molar-refractivity contribution in [1.29, 1.82) is 0 Å². The van der Waals surface area contributed by atoms with Gasteiger partial charge in [0.15, 0.2) is 0 Å². The van der Waals surface area contributed by atoms with Crippen molar-refractivity contribution in [3.05, 3.63) is 166 Å². The minimum atomic E-state index is 0.713. The van der Waals surface area contributed by atoms with E-state index < -0.39 is 0 Å². The van der Waals surface area contributed by atoms with E-state index >= 15 is 0 Å². The number of rotatable bonds is 19. The van der Waals surface area contributed by atoms with Crippen molar-refractivity contribution >= 4 is 45.7 Å². The molecule has 0 bridgehead atoms. The molecule has 0 amide bonds. The maximum absolute atomic E-state index is 7.88. The van der Waals surface area contributed by atoms with Crippen LogP contribution in [0.1, 0.15) is 107 Å². The highest BCUT2D eigenvalue weighted by Gasteiger charge is 2.25. The van der Waals surface area contributed by atoms with E-state index in [-0.39, 0.29) is 0 Å². The fraction of sp³-hybridized carbons (Fsp3) is 0.321. The Labute approximate surface area is 343 Å². The van der Waals surface area contributed by atoms with Crippen LogP contribution in [0.3, 0.4) is 0 Å². The molecule has 0 radical (unpaired) electrons. The zero-order valence-corrected chi connectivity index (χ0v) is 35.2. The second-order valence-corrected chi connectivity index (χ2v) is 15.8. The van der Waals surface area contributed by atoms with Gasteiger partial charge in [-0.15, -0.1) is 0 Å². The number of hydrogen-bond donors (Lipinski definition) is 0. The second-order valence-electron chi connectivity index (χ2n) is 15.4. The van der Waals surface area contributed by atoms with Crippen LogP contribution in [0.4, 0.5) is 34.1 Å². The van der Waals surface area contributed by atoms with Gasteiger partial charge >= 0.3 is 0 Å². The largest absolute Gasteiger partial charge is 0.309 e. The molecular weight excluding hydrogens is 700 g/mol. The van der Waals surface area contributed by atoms with Gasteiger partial charge in [0.05, 0.1) is 22.1 Å². The molecule has 0 unspecified atom stereocenters. The summed E-state index contributed by atoms with van der Waals surface area (Å²) in [7, 11) is 0. The van der Waals surface area contributed by atoms with E-state index in [4.69, 9.17) is 11.6 Å². The predicted molar refractivity (Wildman–Crippen MR) is 245 cm³/mol. The highest BCUT2D eigenvalue weighted by atomic mass is 35.5. The molecule has 6 aromatic rings. The molecule has 0 heterocycles. The Kier molecular flexibility index (Phi) is 14.9. The van der Waals surface area contributed by atoms with Gasteiger partial charge in [-0.2, -0.15) is 0 Å². The summed E-state index contributed by atoms with van der Waals surface area (Å²) in [5, 5.41) is 0.713. The molecule has 0 aliphatic rings. The maximum atomic E-state index is 7.88. The molecule has 0 atom stereocenters. The van der Waals surface area contributed by atoms with Crippen LogP contribution < -0.4 is 9.80 Å². The third kappa shape index (κ3) is 10.1. The summed E-state index contributed by atoms with van der Waals surface area (Å²) < 4.78 is 0. The van der Waals surface area contributed by atoms with Gasteiger partial charge in [-0.3, -0.25) is 0 Å². The van der Waals surface area contributed by atoms with Crippen LogP contribution in [-0.4, -0.2) is 0 Å². The van der Waals surface area contributed by atoms with Gasteiger partial charge in [-0.05, 0) is 152 Å². The van der Waals surface area contributed by atoms with E-state index in [1.165, 1.54) is 84.7 Å². The van der Waals surface area contributed by atoms with Crippen molar-refractivity contribution in [3.63, 3.8) is 0 Å². The van der Waals surface area contributed by atoms with E-state index in [0.717, 1.165) is 65.4 Å². The molecule has 2 nitrogen and oxygen atoms in total. The molecule has 0 aliphatic carbocycles. The lowest BCUT2D eigenvalue weighted by atomic mass is 9.97. The molecule has 0 saturated carbocycles. The Morgan fingerprint density at radius 3 is 1.25 bits per heavy atom. The lowest BCUT2D eigenvalue weighted by Crippen LogP contribution is -2.16. The summed E-state index contributed by atoms with van der Waals surface area (Å²) in [5.74, 6) is 0. The number of benzene rings is 6. The van der Waals surface area contributed by atoms with Gasteiger partial charge < -0.3 is 9.80 Å². The molecule has 56 heavy (non-hydrogen) atoms. The summed E-state index contributed by atoms with van der Waals surface area (Å²) in [4.78, 5) is 4.75. The van der Waals surface area contributed by atoms with Crippen molar-refractivity contribution < 1.29 is 0 Å². The lowest BCUT2D eigenvalue weighted by molar-refractivity contribution is 0.795. The summed E-state index contributed by atoms with van der Waals surface area (Å²) in [6, 6.07) is 49.8. The van der Waals surface area contributed by atoms with Crippen molar-refractivity contribution in [3.8, 4) is 11.1 Å². The van der Waals surface area contributed by atoms with E-state index in [0.29, 0.717) is 5.02 Å². The first-order valence-electron chi connectivity index (χ1n) is 21.3. The third-order valence-electron chi connectivity index (χ3n) is 10.9. The van der Waals surface area contributed by atoms with E-state index in [9.17, 15) is 0 Å². The minimum Gasteiger partial charge on any atom is -0.309 e. The normalized spacial score (nSPS) is 11.2. The van der Waals surface area contributed by atoms with Crippen LogP contribution in [0.2, 0.25) is 5.02 Å². The lowest BCUT2D eigenvalue weighted by Gasteiger charge is -2.33. The van der Waals surface area contributed by atoms with Gasteiger partial charge in [0.2, 0.25) is 0 Å². The van der Waals surface area contributed by atoms with Gasteiger partial charge in [-0.25, -0.2) is 0 Å². The van der Waals surface area contributed by atoms with Gasteiger partial charge in [0, 0.05) is 22.6 Å². The Bertz CT molecular complexity index is 2050. The number of hydrogen-bond acceptors (Lipinski definition) is 2. The Hall–Kier alpha value is -4.79. The monoisotopic (exact) mass is 760 g/mol. The van der Waals surface area contributed by atoms with Crippen LogP contribution in [-0.2, 0) is 25.7 Å². The fourth-order valence-electron chi connectivity index (χ4n) is 7.63. The highest BCUT2D eigenvalue weighted by Crippen LogP contribution is 2.49. The van der Waals surface area contributed by atoms with Gasteiger partial charge in [-0.1, -0.05) is 138 Å². The number of aryl methyl sites for hydroxylation is 5. The third-order valence-corrected chi connectivity index (χ3v) is 11.3. The highest BCUT2D eigenvalue weighted by molar-refractivity contribution is 6.36. The summed E-state index contributed by atoms with van der Waals surface area (Å²) in [5.41, 5.74) is 15.3. The quantitative estimate of drug-likeness (QED) is 0.0811. The van der Waals surface area contributed by atoms with E-state index in [1.807, 2.05) is 0 Å². The first kappa shape index (κ1) is 40.9. The van der Waals surface area contributed by atoms with E-state index in [1.54, 1.807) is 0 Å². The van der Waals surface area contributed by atoms with Crippen LogP contribution >= 0.6 is 11.6 Å². The Morgan fingerprint density at radius 2 is 0.804 bits per heavy atom. The average Bonchev–Trinajstić information content (AvgIpc) is 3.24. The molecule has 3 heteroatoms. The van der Waals surface area contributed by atoms with Crippen LogP contribution in [0, 0.1) is 6.92 Å². The minimum absolute atomic E-state index is 0.713. The topological polar surface area (TPSA) is 6.48 Å². The van der Waals surface area contributed by atoms with Gasteiger partial charge in [0.25, 0.3) is 0 Å². The van der Waals surface area contributed by atoms with Crippen molar-refractivity contribution in [2.45, 2.75) is 112 Å². The molecule has 0 N–H and O–H groups in total. The zero-order valence-electron chi connectivity index (χ0n) is 34.5. The number of halogens is 1. The molecule has 0 saturated heterocycles. The standard InChI is InChI=1S/C53H61ClN2/c1-6-10-17-41-23-30-46(31-24-41)55(47-32-25-42(26-33-47)18-11-7-2)51-37-40(5)38-52(53(51)54)56(48-34-27-43(28-35-48)19-12-8-3)50-36-29-44(20-13-9-4)39-49(50)45-21-15-14-16-22-45/h14-16,21-39H,6-13,17-20H2,1-5H3. The number of anilines is 6. The van der Waals surface area contributed by atoms with Crippen molar-refractivity contribution in [1.82, 2.24) is 0 Å². The molecule has 290 valence electrons. The smallest absolute Gasteiger partial charge is 0.0887 e. The van der Waals surface area contributed by atoms with Crippen LogP contribution in [0.15, 0.2) is 133 Å². The summed E-state index contributed by atoms with van der Waals surface area (Å²) in [6.45, 7) is 11.2. The van der Waals surface area contributed by atoms with Crippen molar-refractivity contribution in [2.75, 3.05) is 9.80 Å². The molecule has 0 fully saturated rings. The van der Waals surface area contributed by atoms with Crippen LogP contribution in [0.25, 0.3) is 11.1 Å². The summed E-state index contributed by atoms with van der Waals surface area (Å²) >= 11 is 7.88. The predicted octanol–water partition coefficient (Wildman–Crippen LogP) is 16.6. The van der Waals surface area contributed by atoms with Gasteiger partial charge in [0.1, 0.15) is 0 Å². The zero-order chi connectivity index (χ0) is 39.3. The molecule has 0 spiro atoms. The average molecular weight is 762 g/mol. The maximum Gasteiger partial charge on any atom is 0.0887 e. The summed E-state index contributed by atoms with van der Waals surface area (Å²) in [6.07, 6.45) is 13.8. The van der Waals surface area contributed by atoms with E-state index in [2.05, 4.69) is 178 Å². The number of nitrogens with zero attached hydrogens (tertiary/aromatic N) is 2. The Balaban J connectivity index is 1.56. The molecule has 0 aliphatic heterocycles. The second kappa shape index (κ2) is 20.4. The molecule has 6 rings (SSSR count). The molecular formula is C53H61ClN2. The molecule has 0 aromatic heterocycles. The molecule has 6 aromatic carbocycles. The fourth-order valence-corrected chi connectivity index (χ4v) is 7.91. The first-order chi connectivity index (χ1) is 27.4. The van der Waals surface area contributed by atoms with Crippen LogP contribution in [0.5, 0.6) is 0 Å². The van der Waals surface area contributed by atoms with Crippen molar-refractivity contribution in [2.24, 2.45) is 0 Å².